The molecular weight excluding hydrogens is 337 g/mol. The number of nitrogens with one attached hydrogen (secondary N) is 1. The van der Waals surface area contributed by atoms with E-state index in [1.165, 1.54) is 47.4 Å². The van der Waals surface area contributed by atoms with E-state index in [9.17, 15) is 19.2 Å². The lowest BCUT2D eigenvalue weighted by Gasteiger charge is -2.07. The predicted molar refractivity (Wildman–Crippen MR) is 89.8 cm³/mol. The minimum absolute atomic E-state index is 0.0722. The lowest BCUT2D eigenvalue weighted by Crippen LogP contribution is -2.29. The van der Waals surface area contributed by atoms with E-state index in [0.717, 1.165) is 0 Å². The first-order valence-corrected chi connectivity index (χ1v) is 7.56. The zero-order valence-corrected chi connectivity index (χ0v) is 13.3. The van der Waals surface area contributed by atoms with E-state index in [2.05, 4.69) is 15.4 Å². The maximum atomic E-state index is 13.3. The number of nitriles is 1. The summed E-state index contributed by atoms with van der Waals surface area (Å²) < 4.78 is 14.6. The molecule has 2 heterocycles. The van der Waals surface area contributed by atoms with Gasteiger partial charge in [0.1, 0.15) is 17.3 Å². The Morgan fingerprint density at radius 2 is 2.04 bits per heavy atom. The van der Waals surface area contributed by atoms with Gasteiger partial charge in [-0.05, 0) is 36.4 Å². The second-order valence-electron chi connectivity index (χ2n) is 5.26. The van der Waals surface area contributed by atoms with Crippen LogP contribution in [0.1, 0.15) is 10.5 Å². The van der Waals surface area contributed by atoms with Crippen LogP contribution in [0.2, 0.25) is 0 Å². The number of nitrogens with zero attached hydrogens (tertiary/aromatic N) is 4. The summed E-state index contributed by atoms with van der Waals surface area (Å²) in [4.78, 5) is 28.6. The summed E-state index contributed by atoms with van der Waals surface area (Å²) in [6.45, 7) is 0. The Morgan fingerprint density at radius 1 is 1.19 bits per heavy atom. The van der Waals surface area contributed by atoms with Crippen LogP contribution < -0.4 is 5.32 Å². The minimum Gasteiger partial charge on any atom is -0.309 e. The lowest BCUT2D eigenvalue weighted by molar-refractivity contribution is -0.117. The fraction of sp³-hybridized carbons (Fsp3) is 0.0556. The zero-order valence-electron chi connectivity index (χ0n) is 13.3. The highest BCUT2D eigenvalue weighted by Gasteiger charge is 2.29. The molecule has 26 heavy (non-hydrogen) atoms. The first-order valence-electron chi connectivity index (χ1n) is 7.56. The van der Waals surface area contributed by atoms with Gasteiger partial charge in [0.15, 0.2) is 5.92 Å². The number of aromatic nitrogens is 3. The number of carbonyl (C=O) groups is 2. The normalized spacial score (nSPS) is 11.4. The average Bonchev–Trinajstić information content (AvgIpc) is 3.13. The van der Waals surface area contributed by atoms with Crippen LogP contribution in [0, 0.1) is 23.1 Å². The third-order valence-corrected chi connectivity index (χ3v) is 3.48. The molecule has 7 nitrogen and oxygen atoms in total. The number of rotatable bonds is 5. The van der Waals surface area contributed by atoms with E-state index in [0.29, 0.717) is 5.69 Å². The highest BCUT2D eigenvalue weighted by molar-refractivity contribution is 6.14. The fourth-order valence-electron chi connectivity index (χ4n) is 2.24. The SMILES string of the molecule is N#C[C@H](C(=O)Nc1ccccn1)C(=O)c1ccn(-c2cccc(F)c2)n1. The van der Waals surface area contributed by atoms with E-state index in [-0.39, 0.29) is 11.5 Å². The van der Waals surface area contributed by atoms with Crippen molar-refractivity contribution < 1.29 is 14.0 Å². The smallest absolute Gasteiger partial charge is 0.250 e. The zero-order chi connectivity index (χ0) is 18.5. The monoisotopic (exact) mass is 349 g/mol. The summed E-state index contributed by atoms with van der Waals surface area (Å²) in [7, 11) is 0. The molecule has 0 saturated carbocycles. The van der Waals surface area contributed by atoms with Gasteiger partial charge < -0.3 is 5.32 Å². The average molecular weight is 349 g/mol. The Kier molecular flexibility index (Phi) is 4.80. The second-order valence-corrected chi connectivity index (χ2v) is 5.26. The second kappa shape index (κ2) is 7.36. The number of pyridine rings is 1. The number of amides is 1. The minimum atomic E-state index is -1.58. The predicted octanol–water partition coefficient (Wildman–Crippen LogP) is 2.37. The van der Waals surface area contributed by atoms with Crippen molar-refractivity contribution in [3.63, 3.8) is 0 Å². The molecule has 1 N–H and O–H groups in total. The number of halogens is 1. The van der Waals surface area contributed by atoms with Crippen LogP contribution in [0.5, 0.6) is 0 Å². The first kappa shape index (κ1) is 17.0. The highest BCUT2D eigenvalue weighted by Crippen LogP contribution is 2.13. The van der Waals surface area contributed by atoms with Gasteiger partial charge in [-0.1, -0.05) is 12.1 Å². The third-order valence-electron chi connectivity index (χ3n) is 3.48. The molecule has 0 fully saturated rings. The van der Waals surface area contributed by atoms with Crippen molar-refractivity contribution in [3.8, 4) is 11.8 Å². The van der Waals surface area contributed by atoms with E-state index < -0.39 is 23.4 Å². The molecule has 2 aromatic heterocycles. The van der Waals surface area contributed by atoms with E-state index >= 15 is 0 Å². The summed E-state index contributed by atoms with van der Waals surface area (Å²) in [6, 6.07) is 13.6. The topological polar surface area (TPSA) is 101 Å². The van der Waals surface area contributed by atoms with Gasteiger partial charge in [-0.25, -0.2) is 14.1 Å². The van der Waals surface area contributed by atoms with Gasteiger partial charge in [-0.3, -0.25) is 9.59 Å². The summed E-state index contributed by atoms with van der Waals surface area (Å²) in [5.74, 6) is -3.34. The summed E-state index contributed by atoms with van der Waals surface area (Å²) in [5.41, 5.74) is 0.340. The van der Waals surface area contributed by atoms with Gasteiger partial charge in [0.2, 0.25) is 5.78 Å². The maximum Gasteiger partial charge on any atom is 0.250 e. The van der Waals surface area contributed by atoms with Crippen molar-refractivity contribution in [1.82, 2.24) is 14.8 Å². The molecule has 0 radical (unpaired) electrons. The molecule has 0 bridgehead atoms. The maximum absolute atomic E-state index is 13.3. The van der Waals surface area contributed by atoms with E-state index in [4.69, 9.17) is 0 Å². The summed E-state index contributed by atoms with van der Waals surface area (Å²) in [5, 5.41) is 15.7. The molecule has 0 aliphatic heterocycles. The number of carbonyl (C=O) groups excluding carboxylic acids is 2. The van der Waals surface area contributed by atoms with Crippen LogP contribution in [0.25, 0.3) is 5.69 Å². The van der Waals surface area contributed by atoms with Gasteiger partial charge in [0, 0.05) is 12.4 Å². The number of ketones is 1. The first-order chi connectivity index (χ1) is 12.6. The van der Waals surface area contributed by atoms with Crippen LogP contribution in [0.15, 0.2) is 60.9 Å². The molecule has 128 valence electrons. The molecule has 0 spiro atoms. The Morgan fingerprint density at radius 3 is 2.73 bits per heavy atom. The molecule has 3 aromatic rings. The van der Waals surface area contributed by atoms with Crippen molar-refractivity contribution in [3.05, 3.63) is 72.4 Å². The Bertz CT molecular complexity index is 994. The number of benzene rings is 1. The molecule has 0 aliphatic rings. The largest absolute Gasteiger partial charge is 0.309 e. The molecule has 0 saturated heterocycles. The van der Waals surface area contributed by atoms with Crippen LogP contribution in [-0.2, 0) is 4.79 Å². The van der Waals surface area contributed by atoms with Crippen LogP contribution in [0.3, 0.4) is 0 Å². The van der Waals surface area contributed by atoms with Crippen molar-refractivity contribution in [2.45, 2.75) is 0 Å². The van der Waals surface area contributed by atoms with Gasteiger partial charge in [-0.2, -0.15) is 10.4 Å². The lowest BCUT2D eigenvalue weighted by atomic mass is 10.0. The highest BCUT2D eigenvalue weighted by atomic mass is 19.1. The quantitative estimate of drug-likeness (QED) is 0.563. The van der Waals surface area contributed by atoms with Crippen LogP contribution in [-0.4, -0.2) is 26.5 Å². The third kappa shape index (κ3) is 3.62. The van der Waals surface area contributed by atoms with Crippen molar-refractivity contribution >= 4 is 17.5 Å². The van der Waals surface area contributed by atoms with E-state index in [1.54, 1.807) is 24.3 Å². The Balaban J connectivity index is 1.79. The number of hydrogen-bond donors (Lipinski definition) is 1. The van der Waals surface area contributed by atoms with E-state index in [1.807, 2.05) is 0 Å². The van der Waals surface area contributed by atoms with Gasteiger partial charge in [0.05, 0.1) is 11.8 Å². The molecule has 1 aromatic carbocycles. The molecule has 8 heteroatoms. The molecule has 1 amide bonds. The number of anilines is 1. The van der Waals surface area contributed by atoms with Crippen LogP contribution in [0.4, 0.5) is 10.2 Å². The van der Waals surface area contributed by atoms with Crippen molar-refractivity contribution in [2.75, 3.05) is 5.32 Å². The standard InChI is InChI=1S/C18H12FN5O2/c19-12-4-3-5-13(10-12)24-9-7-15(23-24)17(25)14(11-20)18(26)22-16-6-1-2-8-21-16/h1-10,14H,(H,21,22,26)/t14-/m0/s1. The fourth-order valence-corrected chi connectivity index (χ4v) is 2.24. The van der Waals surface area contributed by atoms with Crippen molar-refractivity contribution in [1.29, 1.82) is 5.26 Å². The summed E-state index contributed by atoms with van der Waals surface area (Å²) >= 11 is 0. The van der Waals surface area contributed by atoms with Crippen molar-refractivity contribution in [2.24, 2.45) is 5.92 Å². The van der Waals surface area contributed by atoms with Gasteiger partial charge in [-0.15, -0.1) is 0 Å². The van der Waals surface area contributed by atoms with Gasteiger partial charge >= 0.3 is 0 Å². The molecular formula is C18H12FN5O2. The van der Waals surface area contributed by atoms with Gasteiger partial charge in [0.25, 0.3) is 5.91 Å². The Hall–Kier alpha value is -3.86. The van der Waals surface area contributed by atoms with Crippen LogP contribution >= 0.6 is 0 Å². The molecule has 0 unspecified atom stereocenters. The number of hydrogen-bond acceptors (Lipinski definition) is 5. The Labute approximate surface area is 147 Å². The molecule has 1 atom stereocenters. The summed E-state index contributed by atoms with van der Waals surface area (Å²) in [6.07, 6.45) is 2.92. The number of Topliss-reactive ketones (excluding diaryl/α,β-unsaturated/α-hetero) is 1. The molecule has 3 rings (SSSR count). The molecule has 0 aliphatic carbocycles.